The summed E-state index contributed by atoms with van der Waals surface area (Å²) in [6.45, 7) is 10.4. The van der Waals surface area contributed by atoms with E-state index in [1.54, 1.807) is 0 Å². The third-order valence-electron chi connectivity index (χ3n) is 3.14. The Bertz CT molecular complexity index is 248. The largest absolute Gasteiger partial charge is 0.465 e. The summed E-state index contributed by atoms with van der Waals surface area (Å²) < 4.78 is 10.7. The Kier molecular flexibility index (Phi) is 7.23. The van der Waals surface area contributed by atoms with E-state index < -0.39 is 0 Å². The number of hydrogen-bond acceptors (Lipinski definition) is 5. The molecule has 1 aliphatic rings. The standard InChI is InChI=1S/C13H26N2O3/c1-4-11-9-15(7-8-18-11)10-12(14-5-2)13(16)17-6-3/h11-12,14H,4-10H2,1-3H3. The van der Waals surface area contributed by atoms with Crippen LogP contribution >= 0.6 is 0 Å². The number of hydrogen-bond donors (Lipinski definition) is 1. The molecule has 1 heterocycles. The number of rotatable bonds is 7. The summed E-state index contributed by atoms with van der Waals surface area (Å²) in [5.74, 6) is -0.154. The fourth-order valence-electron chi connectivity index (χ4n) is 2.16. The highest BCUT2D eigenvalue weighted by atomic mass is 16.5. The molecule has 0 bridgehead atoms. The summed E-state index contributed by atoms with van der Waals surface area (Å²) in [7, 11) is 0. The maximum Gasteiger partial charge on any atom is 0.324 e. The van der Waals surface area contributed by atoms with Gasteiger partial charge in [-0.05, 0) is 19.9 Å². The number of morpholine rings is 1. The van der Waals surface area contributed by atoms with Gasteiger partial charge in [0.15, 0.2) is 0 Å². The summed E-state index contributed by atoms with van der Waals surface area (Å²) in [5, 5.41) is 3.19. The number of nitrogens with one attached hydrogen (secondary N) is 1. The summed E-state index contributed by atoms with van der Waals surface area (Å²) in [6, 6.07) is -0.231. The van der Waals surface area contributed by atoms with Crippen molar-refractivity contribution in [3.05, 3.63) is 0 Å². The average molecular weight is 258 g/mol. The van der Waals surface area contributed by atoms with Crippen LogP contribution in [0.25, 0.3) is 0 Å². The van der Waals surface area contributed by atoms with Gasteiger partial charge in [-0.1, -0.05) is 13.8 Å². The van der Waals surface area contributed by atoms with E-state index in [1.165, 1.54) is 0 Å². The highest BCUT2D eigenvalue weighted by Crippen LogP contribution is 2.09. The smallest absolute Gasteiger partial charge is 0.324 e. The zero-order chi connectivity index (χ0) is 13.4. The number of likely N-dealkylation sites (N-methyl/N-ethyl adjacent to an activating group) is 1. The van der Waals surface area contributed by atoms with Crippen molar-refractivity contribution in [1.29, 1.82) is 0 Å². The molecule has 5 heteroatoms. The molecule has 0 saturated carbocycles. The number of carbonyl (C=O) groups is 1. The monoisotopic (exact) mass is 258 g/mol. The molecule has 2 atom stereocenters. The van der Waals surface area contributed by atoms with Crippen molar-refractivity contribution in [3.63, 3.8) is 0 Å². The van der Waals surface area contributed by atoms with E-state index in [0.29, 0.717) is 19.3 Å². The lowest BCUT2D eigenvalue weighted by Crippen LogP contribution is -2.51. The highest BCUT2D eigenvalue weighted by molar-refractivity contribution is 5.76. The Morgan fingerprint density at radius 2 is 2.28 bits per heavy atom. The van der Waals surface area contributed by atoms with Crippen LogP contribution in [-0.4, -0.2) is 62.4 Å². The second-order valence-corrected chi connectivity index (χ2v) is 4.52. The minimum atomic E-state index is -0.231. The normalized spacial score (nSPS) is 22.7. The molecule has 0 aromatic carbocycles. The molecule has 18 heavy (non-hydrogen) atoms. The van der Waals surface area contributed by atoms with Gasteiger partial charge in [-0.25, -0.2) is 0 Å². The summed E-state index contributed by atoms with van der Waals surface area (Å²) in [6.07, 6.45) is 1.31. The molecule has 0 aliphatic carbocycles. The first-order chi connectivity index (χ1) is 8.71. The van der Waals surface area contributed by atoms with Crippen LogP contribution in [0.1, 0.15) is 27.2 Å². The molecule has 2 unspecified atom stereocenters. The molecule has 1 fully saturated rings. The molecule has 1 saturated heterocycles. The molecule has 0 aromatic heterocycles. The molecule has 0 radical (unpaired) electrons. The molecular formula is C13H26N2O3. The van der Waals surface area contributed by atoms with Crippen molar-refractivity contribution in [2.45, 2.75) is 39.3 Å². The van der Waals surface area contributed by atoms with Gasteiger partial charge in [-0.3, -0.25) is 9.69 Å². The zero-order valence-electron chi connectivity index (χ0n) is 11.8. The van der Waals surface area contributed by atoms with Crippen molar-refractivity contribution in [3.8, 4) is 0 Å². The van der Waals surface area contributed by atoms with Gasteiger partial charge < -0.3 is 14.8 Å². The van der Waals surface area contributed by atoms with E-state index in [0.717, 1.165) is 32.7 Å². The Hall–Kier alpha value is -0.650. The second kappa shape index (κ2) is 8.45. The SMILES string of the molecule is CCNC(CN1CCOC(CC)C1)C(=O)OCC. The third-order valence-corrected chi connectivity index (χ3v) is 3.14. The molecule has 0 aromatic rings. The molecule has 106 valence electrons. The van der Waals surface area contributed by atoms with Crippen LogP contribution in [0.5, 0.6) is 0 Å². The third kappa shape index (κ3) is 4.92. The Morgan fingerprint density at radius 1 is 1.50 bits per heavy atom. The quantitative estimate of drug-likeness (QED) is 0.679. The fourth-order valence-corrected chi connectivity index (χ4v) is 2.16. The van der Waals surface area contributed by atoms with Gasteiger partial charge in [0.2, 0.25) is 0 Å². The van der Waals surface area contributed by atoms with Gasteiger partial charge in [0.05, 0.1) is 19.3 Å². The predicted molar refractivity (Wildman–Crippen MR) is 70.6 cm³/mol. The van der Waals surface area contributed by atoms with Crippen LogP contribution in [0.2, 0.25) is 0 Å². The highest BCUT2D eigenvalue weighted by Gasteiger charge is 2.25. The lowest BCUT2D eigenvalue weighted by molar-refractivity contribution is -0.146. The summed E-state index contributed by atoms with van der Waals surface area (Å²) in [5.41, 5.74) is 0. The second-order valence-electron chi connectivity index (χ2n) is 4.52. The zero-order valence-corrected chi connectivity index (χ0v) is 11.8. The van der Waals surface area contributed by atoms with Gasteiger partial charge in [0, 0.05) is 19.6 Å². The number of nitrogens with zero attached hydrogens (tertiary/aromatic N) is 1. The van der Waals surface area contributed by atoms with Crippen molar-refractivity contribution in [2.75, 3.05) is 39.4 Å². The predicted octanol–water partition coefficient (Wildman–Crippen LogP) is 0.638. The molecular weight excluding hydrogens is 232 g/mol. The number of carbonyl (C=O) groups excluding carboxylic acids is 1. The Balaban J connectivity index is 2.46. The maximum atomic E-state index is 11.8. The lowest BCUT2D eigenvalue weighted by Gasteiger charge is -2.34. The van der Waals surface area contributed by atoms with Crippen molar-refractivity contribution < 1.29 is 14.3 Å². The minimum Gasteiger partial charge on any atom is -0.465 e. The first-order valence-electron chi connectivity index (χ1n) is 6.95. The van der Waals surface area contributed by atoms with Gasteiger partial charge in [0.1, 0.15) is 6.04 Å². The summed E-state index contributed by atoms with van der Waals surface area (Å²) in [4.78, 5) is 14.1. The van der Waals surface area contributed by atoms with E-state index in [9.17, 15) is 4.79 Å². The molecule has 0 spiro atoms. The van der Waals surface area contributed by atoms with Crippen molar-refractivity contribution >= 4 is 5.97 Å². The molecule has 1 N–H and O–H groups in total. The molecule has 5 nitrogen and oxygen atoms in total. The van der Waals surface area contributed by atoms with Crippen LogP contribution in [-0.2, 0) is 14.3 Å². The van der Waals surface area contributed by atoms with E-state index in [4.69, 9.17) is 9.47 Å². The van der Waals surface area contributed by atoms with E-state index in [1.807, 2.05) is 13.8 Å². The van der Waals surface area contributed by atoms with Crippen LogP contribution in [0, 0.1) is 0 Å². The first kappa shape index (κ1) is 15.4. The lowest BCUT2D eigenvalue weighted by atomic mass is 10.2. The molecule has 1 aliphatic heterocycles. The van der Waals surface area contributed by atoms with Crippen LogP contribution in [0.15, 0.2) is 0 Å². The molecule has 1 rings (SSSR count). The van der Waals surface area contributed by atoms with E-state index in [2.05, 4.69) is 17.1 Å². The van der Waals surface area contributed by atoms with Crippen LogP contribution in [0.3, 0.4) is 0 Å². The maximum absolute atomic E-state index is 11.8. The van der Waals surface area contributed by atoms with Gasteiger partial charge in [-0.2, -0.15) is 0 Å². The van der Waals surface area contributed by atoms with E-state index >= 15 is 0 Å². The fraction of sp³-hybridized carbons (Fsp3) is 0.923. The number of ether oxygens (including phenoxy) is 2. The number of esters is 1. The van der Waals surface area contributed by atoms with Gasteiger partial charge in [0.25, 0.3) is 0 Å². The van der Waals surface area contributed by atoms with Crippen molar-refractivity contribution in [2.24, 2.45) is 0 Å². The van der Waals surface area contributed by atoms with Gasteiger partial charge in [-0.15, -0.1) is 0 Å². The van der Waals surface area contributed by atoms with E-state index in [-0.39, 0.29) is 12.0 Å². The first-order valence-corrected chi connectivity index (χ1v) is 6.95. The molecule has 0 amide bonds. The Morgan fingerprint density at radius 3 is 2.89 bits per heavy atom. The van der Waals surface area contributed by atoms with Crippen molar-refractivity contribution in [1.82, 2.24) is 10.2 Å². The minimum absolute atomic E-state index is 0.154. The topological polar surface area (TPSA) is 50.8 Å². The Labute approximate surface area is 110 Å². The van der Waals surface area contributed by atoms with Crippen LogP contribution < -0.4 is 5.32 Å². The average Bonchev–Trinajstić information content (AvgIpc) is 2.39. The van der Waals surface area contributed by atoms with Crippen LogP contribution in [0.4, 0.5) is 0 Å². The summed E-state index contributed by atoms with van der Waals surface area (Å²) >= 11 is 0. The van der Waals surface area contributed by atoms with Gasteiger partial charge >= 0.3 is 5.97 Å².